The number of nitrogens with zero attached hydrogens (tertiary/aromatic N) is 1. The summed E-state index contributed by atoms with van der Waals surface area (Å²) in [5.41, 5.74) is 0.394. The van der Waals surface area contributed by atoms with Gasteiger partial charge in [0.15, 0.2) is 0 Å². The maximum Gasteiger partial charge on any atom is 0.416 e. The van der Waals surface area contributed by atoms with Gasteiger partial charge in [0.2, 0.25) is 5.91 Å². The quantitative estimate of drug-likeness (QED) is 0.786. The van der Waals surface area contributed by atoms with Gasteiger partial charge < -0.3 is 10.2 Å². The molecule has 0 spiro atoms. The van der Waals surface area contributed by atoms with Crippen molar-refractivity contribution in [2.75, 3.05) is 11.1 Å². The number of anilines is 1. The third-order valence-corrected chi connectivity index (χ3v) is 6.01. The van der Waals surface area contributed by atoms with Gasteiger partial charge in [-0.15, -0.1) is 11.8 Å². The minimum atomic E-state index is -4.58. The number of hydrogen-bond acceptors (Lipinski definition) is 3. The molecule has 1 fully saturated rings. The van der Waals surface area contributed by atoms with Crippen molar-refractivity contribution in [1.29, 1.82) is 0 Å². The number of hydrogen-bond donors (Lipinski definition) is 1. The van der Waals surface area contributed by atoms with E-state index in [1.807, 2.05) is 12.1 Å². The molecule has 0 radical (unpaired) electrons. The molecule has 4 nitrogen and oxygen atoms in total. The molecular formula is C18H12ClF3N2O2S. The van der Waals surface area contributed by atoms with Crippen molar-refractivity contribution in [2.45, 2.75) is 17.6 Å². The maximum atomic E-state index is 12.9. The predicted molar refractivity (Wildman–Crippen MR) is 96.7 cm³/mol. The number of halogens is 4. The first kappa shape index (κ1) is 18.2. The van der Waals surface area contributed by atoms with Crippen LogP contribution >= 0.6 is 23.4 Å². The average Bonchev–Trinajstić information content (AvgIpc) is 3.15. The van der Waals surface area contributed by atoms with Crippen LogP contribution in [0, 0.1) is 0 Å². The second-order valence-corrected chi connectivity index (χ2v) is 7.77. The number of thioether (sulfide) groups is 1. The Hall–Kier alpha value is -2.19. The Bertz CT molecular complexity index is 950. The molecule has 2 aliphatic heterocycles. The Labute approximate surface area is 161 Å². The van der Waals surface area contributed by atoms with Crippen molar-refractivity contribution in [2.24, 2.45) is 0 Å². The molecule has 0 bridgehead atoms. The SMILES string of the molecule is O=C(Nc1cc(Cl)cc(C(F)(F)F)c1)[C@@H]1CS[C@H]2c3ccccc3C(=O)N12. The molecular weight excluding hydrogens is 401 g/mol. The Morgan fingerprint density at radius 2 is 1.96 bits per heavy atom. The zero-order valence-electron chi connectivity index (χ0n) is 13.6. The topological polar surface area (TPSA) is 49.4 Å². The first-order chi connectivity index (χ1) is 12.8. The van der Waals surface area contributed by atoms with Crippen molar-refractivity contribution in [3.8, 4) is 0 Å². The van der Waals surface area contributed by atoms with Crippen molar-refractivity contribution in [1.82, 2.24) is 4.90 Å². The Morgan fingerprint density at radius 3 is 2.70 bits per heavy atom. The molecule has 2 atom stereocenters. The Balaban J connectivity index is 1.57. The molecule has 0 aliphatic carbocycles. The molecule has 27 heavy (non-hydrogen) atoms. The molecule has 140 valence electrons. The molecule has 0 aromatic heterocycles. The average molecular weight is 413 g/mol. The zero-order valence-corrected chi connectivity index (χ0v) is 15.2. The molecule has 2 aliphatic rings. The van der Waals surface area contributed by atoms with Gasteiger partial charge >= 0.3 is 6.18 Å². The van der Waals surface area contributed by atoms with Crippen LogP contribution in [0.25, 0.3) is 0 Å². The molecule has 4 rings (SSSR count). The fourth-order valence-corrected chi connectivity index (χ4v) is 4.99. The third-order valence-electron chi connectivity index (χ3n) is 4.49. The molecule has 2 heterocycles. The molecule has 1 N–H and O–H groups in total. The van der Waals surface area contributed by atoms with Gasteiger partial charge in [-0.2, -0.15) is 13.2 Å². The van der Waals surface area contributed by atoms with Crippen LogP contribution in [0.2, 0.25) is 5.02 Å². The number of fused-ring (bicyclic) bond motifs is 3. The van der Waals surface area contributed by atoms with Crippen LogP contribution in [-0.4, -0.2) is 28.5 Å². The van der Waals surface area contributed by atoms with E-state index in [2.05, 4.69) is 5.32 Å². The van der Waals surface area contributed by atoms with E-state index in [4.69, 9.17) is 11.6 Å². The van der Waals surface area contributed by atoms with E-state index in [1.54, 1.807) is 12.1 Å². The Kier molecular flexibility index (Phi) is 4.35. The van der Waals surface area contributed by atoms with E-state index in [0.717, 1.165) is 17.7 Å². The number of amides is 2. The standard InChI is InChI=1S/C18H12ClF3N2O2S/c19-10-5-9(18(20,21)22)6-11(7-10)23-15(25)14-8-27-17-13-4-2-1-3-12(13)16(26)24(14)17/h1-7,14,17H,8H2,(H,23,25)/t14-,17-/m0/s1. The molecule has 2 aromatic rings. The highest BCUT2D eigenvalue weighted by atomic mass is 35.5. The van der Waals surface area contributed by atoms with E-state index in [-0.39, 0.29) is 22.0 Å². The van der Waals surface area contributed by atoms with E-state index in [1.165, 1.54) is 22.7 Å². The zero-order chi connectivity index (χ0) is 19.3. The van der Waals surface area contributed by atoms with Crippen LogP contribution in [0.3, 0.4) is 0 Å². The lowest BCUT2D eigenvalue weighted by atomic mass is 10.1. The van der Waals surface area contributed by atoms with Crippen LogP contribution < -0.4 is 5.32 Å². The van der Waals surface area contributed by atoms with Crippen molar-refractivity contribution in [3.05, 3.63) is 64.2 Å². The minimum absolute atomic E-state index is 0.0579. The summed E-state index contributed by atoms with van der Waals surface area (Å²) in [6.07, 6.45) is -4.58. The number of carbonyl (C=O) groups is 2. The van der Waals surface area contributed by atoms with Gasteiger partial charge in [0.1, 0.15) is 11.4 Å². The molecule has 1 saturated heterocycles. The largest absolute Gasteiger partial charge is 0.416 e. The van der Waals surface area contributed by atoms with Gasteiger partial charge in [0.25, 0.3) is 5.91 Å². The van der Waals surface area contributed by atoms with Gasteiger partial charge in [-0.1, -0.05) is 29.8 Å². The molecule has 2 amide bonds. The van der Waals surface area contributed by atoms with Gasteiger partial charge in [0.05, 0.1) is 5.56 Å². The highest BCUT2D eigenvalue weighted by Crippen LogP contribution is 2.48. The van der Waals surface area contributed by atoms with Crippen LogP contribution in [0.4, 0.5) is 18.9 Å². The summed E-state index contributed by atoms with van der Waals surface area (Å²) < 4.78 is 38.8. The Morgan fingerprint density at radius 1 is 1.22 bits per heavy atom. The summed E-state index contributed by atoms with van der Waals surface area (Å²) in [5.74, 6) is -0.423. The summed E-state index contributed by atoms with van der Waals surface area (Å²) in [7, 11) is 0. The fraction of sp³-hybridized carbons (Fsp3) is 0.222. The minimum Gasteiger partial charge on any atom is -0.324 e. The number of benzene rings is 2. The van der Waals surface area contributed by atoms with Gasteiger partial charge in [0, 0.05) is 22.0 Å². The predicted octanol–water partition coefficient (Wildman–Crippen LogP) is 4.57. The van der Waals surface area contributed by atoms with Gasteiger partial charge in [-0.25, -0.2) is 0 Å². The summed E-state index contributed by atoms with van der Waals surface area (Å²) in [4.78, 5) is 26.8. The number of carbonyl (C=O) groups excluding carboxylic acids is 2. The second-order valence-electron chi connectivity index (χ2n) is 6.22. The van der Waals surface area contributed by atoms with Crippen LogP contribution in [0.15, 0.2) is 42.5 Å². The van der Waals surface area contributed by atoms with E-state index in [9.17, 15) is 22.8 Å². The normalized spacial score (nSPS) is 21.2. The highest BCUT2D eigenvalue weighted by molar-refractivity contribution is 7.99. The maximum absolute atomic E-state index is 12.9. The van der Waals surface area contributed by atoms with E-state index in [0.29, 0.717) is 11.3 Å². The number of alkyl halides is 3. The number of nitrogens with one attached hydrogen (secondary N) is 1. The van der Waals surface area contributed by atoms with Crippen molar-refractivity contribution < 1.29 is 22.8 Å². The fourth-order valence-electron chi connectivity index (χ4n) is 3.29. The molecule has 9 heteroatoms. The first-order valence-electron chi connectivity index (χ1n) is 7.97. The summed E-state index contributed by atoms with van der Waals surface area (Å²) in [5, 5.41) is 2.08. The van der Waals surface area contributed by atoms with E-state index >= 15 is 0 Å². The molecule has 0 unspecified atom stereocenters. The van der Waals surface area contributed by atoms with Crippen LogP contribution in [0.5, 0.6) is 0 Å². The lowest BCUT2D eigenvalue weighted by Crippen LogP contribution is -2.42. The smallest absolute Gasteiger partial charge is 0.324 e. The highest BCUT2D eigenvalue weighted by Gasteiger charge is 2.48. The molecule has 0 saturated carbocycles. The van der Waals surface area contributed by atoms with Gasteiger partial charge in [-0.05, 0) is 29.8 Å². The summed E-state index contributed by atoms with van der Waals surface area (Å²) in [6.45, 7) is 0. The molecule has 2 aromatic carbocycles. The lowest BCUT2D eigenvalue weighted by molar-refractivity contribution is -0.137. The lowest BCUT2D eigenvalue weighted by Gasteiger charge is -2.22. The third kappa shape index (κ3) is 3.17. The summed E-state index contributed by atoms with van der Waals surface area (Å²) in [6, 6.07) is 9.22. The second kappa shape index (κ2) is 6.45. The van der Waals surface area contributed by atoms with Crippen molar-refractivity contribution >= 4 is 40.9 Å². The van der Waals surface area contributed by atoms with E-state index < -0.39 is 23.7 Å². The monoisotopic (exact) mass is 412 g/mol. The van der Waals surface area contributed by atoms with Crippen LogP contribution in [0.1, 0.15) is 26.9 Å². The number of rotatable bonds is 2. The van der Waals surface area contributed by atoms with Crippen molar-refractivity contribution in [3.63, 3.8) is 0 Å². The van der Waals surface area contributed by atoms with Crippen LogP contribution in [-0.2, 0) is 11.0 Å². The van der Waals surface area contributed by atoms with Gasteiger partial charge in [-0.3, -0.25) is 9.59 Å². The summed E-state index contributed by atoms with van der Waals surface area (Å²) >= 11 is 7.21. The first-order valence-corrected chi connectivity index (χ1v) is 9.40.